The number of hydrogen-bond acceptors (Lipinski definition) is 1. The normalized spacial score (nSPS) is 18.4. The largest absolute Gasteiger partial charge is 0.353 e. The van der Waals surface area contributed by atoms with E-state index in [4.69, 9.17) is 11.6 Å². The first-order valence-corrected chi connectivity index (χ1v) is 7.85. The van der Waals surface area contributed by atoms with Crippen molar-refractivity contribution in [2.24, 2.45) is 5.92 Å². The fourth-order valence-corrected chi connectivity index (χ4v) is 3.44. The van der Waals surface area contributed by atoms with Gasteiger partial charge in [-0.1, -0.05) is 44.0 Å². The highest BCUT2D eigenvalue weighted by atomic mass is 35.5. The van der Waals surface area contributed by atoms with E-state index in [1.165, 1.54) is 12.0 Å². The van der Waals surface area contributed by atoms with Gasteiger partial charge in [0.25, 0.3) is 0 Å². The first kappa shape index (κ1) is 15.4. The maximum Gasteiger partial charge on any atom is 0.217 e. The molecule has 0 spiro atoms. The molecule has 0 saturated heterocycles. The number of carbonyl (C=O) groups excluding carboxylic acids is 1. The summed E-state index contributed by atoms with van der Waals surface area (Å²) in [6.07, 6.45) is 4.54. The third-order valence-corrected chi connectivity index (χ3v) is 4.67. The summed E-state index contributed by atoms with van der Waals surface area (Å²) in [6.45, 7) is 6.04. The van der Waals surface area contributed by atoms with Crippen molar-refractivity contribution in [3.05, 3.63) is 34.9 Å². The quantitative estimate of drug-likeness (QED) is 0.861. The zero-order valence-electron chi connectivity index (χ0n) is 12.6. The number of amides is 1. The van der Waals surface area contributed by atoms with Gasteiger partial charge in [0, 0.05) is 23.4 Å². The Kier molecular flexibility index (Phi) is 4.74. The van der Waals surface area contributed by atoms with Crippen LogP contribution in [0.2, 0.25) is 5.02 Å². The topological polar surface area (TPSA) is 29.1 Å². The molecule has 0 bridgehead atoms. The highest BCUT2D eigenvalue weighted by Crippen LogP contribution is 2.48. The SMILES string of the molecule is CC(=O)NC(CC(C)C)C1(c2ccc(Cl)cc2)CCC1. The second-order valence-corrected chi connectivity index (χ2v) is 6.84. The van der Waals surface area contributed by atoms with Gasteiger partial charge in [-0.15, -0.1) is 0 Å². The van der Waals surface area contributed by atoms with Gasteiger partial charge in [-0.2, -0.15) is 0 Å². The molecule has 0 heterocycles. The van der Waals surface area contributed by atoms with Crippen LogP contribution in [-0.4, -0.2) is 11.9 Å². The van der Waals surface area contributed by atoms with Crippen LogP contribution in [-0.2, 0) is 10.2 Å². The average Bonchev–Trinajstić information content (AvgIpc) is 2.28. The van der Waals surface area contributed by atoms with E-state index in [-0.39, 0.29) is 17.4 Å². The molecule has 1 fully saturated rings. The zero-order chi connectivity index (χ0) is 14.8. The van der Waals surface area contributed by atoms with Gasteiger partial charge in [0.15, 0.2) is 0 Å². The van der Waals surface area contributed by atoms with Crippen molar-refractivity contribution in [3.63, 3.8) is 0 Å². The molecule has 1 aromatic carbocycles. The van der Waals surface area contributed by atoms with Gasteiger partial charge in [-0.25, -0.2) is 0 Å². The van der Waals surface area contributed by atoms with Crippen LogP contribution in [0.5, 0.6) is 0 Å². The van der Waals surface area contributed by atoms with Crippen LogP contribution < -0.4 is 5.32 Å². The fraction of sp³-hybridized carbons (Fsp3) is 0.588. The van der Waals surface area contributed by atoms with Gasteiger partial charge in [-0.3, -0.25) is 4.79 Å². The van der Waals surface area contributed by atoms with Crippen molar-refractivity contribution in [1.29, 1.82) is 0 Å². The van der Waals surface area contributed by atoms with Crippen LogP contribution in [0.15, 0.2) is 24.3 Å². The van der Waals surface area contributed by atoms with Gasteiger partial charge >= 0.3 is 0 Å². The second-order valence-electron chi connectivity index (χ2n) is 6.40. The number of rotatable bonds is 5. The molecule has 3 heteroatoms. The molecule has 2 nitrogen and oxygen atoms in total. The van der Waals surface area contributed by atoms with Crippen LogP contribution in [0.25, 0.3) is 0 Å². The Morgan fingerprint density at radius 3 is 2.30 bits per heavy atom. The van der Waals surface area contributed by atoms with E-state index >= 15 is 0 Å². The lowest BCUT2D eigenvalue weighted by atomic mass is 9.59. The molecular formula is C17H24ClNO. The first-order chi connectivity index (χ1) is 9.44. The molecule has 0 radical (unpaired) electrons. The number of hydrogen-bond donors (Lipinski definition) is 1. The van der Waals surface area contributed by atoms with Gasteiger partial charge in [-0.05, 0) is 42.9 Å². The molecule has 1 aliphatic rings. The second kappa shape index (κ2) is 6.17. The minimum absolute atomic E-state index is 0.0656. The Labute approximate surface area is 126 Å². The minimum Gasteiger partial charge on any atom is -0.353 e. The summed E-state index contributed by atoms with van der Waals surface area (Å²) in [4.78, 5) is 11.6. The molecule has 1 aliphatic carbocycles. The molecule has 0 aliphatic heterocycles. The molecule has 110 valence electrons. The first-order valence-electron chi connectivity index (χ1n) is 7.47. The highest BCUT2D eigenvalue weighted by Gasteiger charge is 2.45. The molecule has 1 amide bonds. The average molecular weight is 294 g/mol. The van der Waals surface area contributed by atoms with E-state index in [1.54, 1.807) is 6.92 Å². The lowest BCUT2D eigenvalue weighted by molar-refractivity contribution is -0.120. The van der Waals surface area contributed by atoms with E-state index in [0.29, 0.717) is 5.92 Å². The van der Waals surface area contributed by atoms with Gasteiger partial charge in [0.2, 0.25) is 5.91 Å². The Morgan fingerprint density at radius 1 is 1.30 bits per heavy atom. The van der Waals surface area contributed by atoms with E-state index in [0.717, 1.165) is 24.3 Å². The summed E-state index contributed by atoms with van der Waals surface area (Å²) in [5.41, 5.74) is 1.41. The Morgan fingerprint density at radius 2 is 1.90 bits per heavy atom. The molecule has 2 rings (SSSR count). The summed E-state index contributed by atoms with van der Waals surface area (Å²) in [7, 11) is 0. The molecule has 1 N–H and O–H groups in total. The summed E-state index contributed by atoms with van der Waals surface area (Å²) >= 11 is 6.00. The molecular weight excluding hydrogens is 270 g/mol. The lowest BCUT2D eigenvalue weighted by Crippen LogP contribution is -2.54. The summed E-state index contributed by atoms with van der Waals surface area (Å²) in [6, 6.07) is 8.37. The highest BCUT2D eigenvalue weighted by molar-refractivity contribution is 6.30. The van der Waals surface area contributed by atoms with Gasteiger partial charge < -0.3 is 5.32 Å². The van der Waals surface area contributed by atoms with Crippen LogP contribution in [0, 0.1) is 5.92 Å². The standard InChI is InChI=1S/C17H24ClNO/c1-12(2)11-16(19-13(3)20)17(9-4-10-17)14-5-7-15(18)8-6-14/h5-8,12,16H,4,9-11H2,1-3H3,(H,19,20). The van der Waals surface area contributed by atoms with E-state index in [1.807, 2.05) is 12.1 Å². The molecule has 20 heavy (non-hydrogen) atoms. The molecule has 1 atom stereocenters. The Balaban J connectivity index is 2.30. The molecule has 1 aromatic rings. The lowest BCUT2D eigenvalue weighted by Gasteiger charge is -2.49. The smallest absolute Gasteiger partial charge is 0.217 e. The summed E-state index contributed by atoms with van der Waals surface area (Å²) in [5, 5.41) is 3.96. The van der Waals surface area contributed by atoms with Gasteiger partial charge in [0.05, 0.1) is 0 Å². The molecule has 1 saturated carbocycles. The van der Waals surface area contributed by atoms with Crippen molar-refractivity contribution in [3.8, 4) is 0 Å². The number of halogens is 1. The fourth-order valence-electron chi connectivity index (χ4n) is 3.32. The molecule has 1 unspecified atom stereocenters. The molecule has 0 aromatic heterocycles. The van der Waals surface area contributed by atoms with Crippen molar-refractivity contribution in [2.45, 2.75) is 57.9 Å². The van der Waals surface area contributed by atoms with Gasteiger partial charge in [0.1, 0.15) is 0 Å². The number of benzene rings is 1. The van der Waals surface area contributed by atoms with Crippen molar-refractivity contribution in [1.82, 2.24) is 5.32 Å². The third kappa shape index (κ3) is 3.17. The maximum absolute atomic E-state index is 11.6. The van der Waals surface area contributed by atoms with Crippen molar-refractivity contribution < 1.29 is 4.79 Å². The predicted octanol–water partition coefficient (Wildman–Crippen LogP) is 4.31. The third-order valence-electron chi connectivity index (χ3n) is 4.42. The Hall–Kier alpha value is -1.02. The minimum atomic E-state index is 0.0656. The van der Waals surface area contributed by atoms with Crippen molar-refractivity contribution >= 4 is 17.5 Å². The summed E-state index contributed by atoms with van der Waals surface area (Å²) in [5.74, 6) is 0.632. The monoisotopic (exact) mass is 293 g/mol. The van der Waals surface area contributed by atoms with Crippen LogP contribution in [0.4, 0.5) is 0 Å². The Bertz CT molecular complexity index is 462. The van der Waals surface area contributed by atoms with E-state index < -0.39 is 0 Å². The maximum atomic E-state index is 11.6. The summed E-state index contributed by atoms with van der Waals surface area (Å²) < 4.78 is 0. The zero-order valence-corrected chi connectivity index (χ0v) is 13.3. The van der Waals surface area contributed by atoms with Crippen LogP contribution in [0.3, 0.4) is 0 Å². The number of nitrogens with one attached hydrogen (secondary N) is 1. The van der Waals surface area contributed by atoms with Crippen LogP contribution in [0.1, 0.15) is 52.0 Å². The van der Waals surface area contributed by atoms with E-state index in [9.17, 15) is 4.79 Å². The van der Waals surface area contributed by atoms with E-state index in [2.05, 4.69) is 31.3 Å². The predicted molar refractivity (Wildman–Crippen MR) is 84.0 cm³/mol. The van der Waals surface area contributed by atoms with Crippen molar-refractivity contribution in [2.75, 3.05) is 0 Å². The van der Waals surface area contributed by atoms with Crippen LogP contribution >= 0.6 is 11.6 Å². The number of carbonyl (C=O) groups is 1.